The van der Waals surface area contributed by atoms with E-state index in [1.807, 2.05) is 12.1 Å². The van der Waals surface area contributed by atoms with Crippen LogP contribution in [0.25, 0.3) is 0 Å². The number of hydrogen-bond acceptors (Lipinski definition) is 4. The Morgan fingerprint density at radius 2 is 1.71 bits per heavy atom. The summed E-state index contributed by atoms with van der Waals surface area (Å²) in [6.07, 6.45) is 1.20. The lowest BCUT2D eigenvalue weighted by Crippen LogP contribution is -2.04. The summed E-state index contributed by atoms with van der Waals surface area (Å²) in [6.45, 7) is 1.26. The van der Waals surface area contributed by atoms with Crippen LogP contribution in [0.4, 0.5) is 5.69 Å². The van der Waals surface area contributed by atoms with E-state index in [0.29, 0.717) is 42.4 Å². The van der Waals surface area contributed by atoms with Gasteiger partial charge in [0.05, 0.1) is 13.2 Å². The first-order chi connectivity index (χ1) is 10.2. The largest absolute Gasteiger partial charge is 0.490 e. The van der Waals surface area contributed by atoms with Crippen LogP contribution < -0.4 is 15.2 Å². The summed E-state index contributed by atoms with van der Waals surface area (Å²) >= 11 is 0. The van der Waals surface area contributed by atoms with E-state index in [1.54, 1.807) is 30.3 Å². The summed E-state index contributed by atoms with van der Waals surface area (Å²) < 4.78 is 11.2. The molecule has 0 bridgehead atoms. The number of rotatable bonds is 3. The van der Waals surface area contributed by atoms with Gasteiger partial charge in [0, 0.05) is 24.1 Å². The molecule has 0 aromatic heterocycles. The van der Waals surface area contributed by atoms with Crippen LogP contribution >= 0.6 is 0 Å². The highest BCUT2D eigenvalue weighted by atomic mass is 16.5. The van der Waals surface area contributed by atoms with Crippen molar-refractivity contribution in [1.82, 2.24) is 0 Å². The van der Waals surface area contributed by atoms with Crippen molar-refractivity contribution < 1.29 is 14.3 Å². The third kappa shape index (κ3) is 3.16. The van der Waals surface area contributed by atoms with Crippen LogP contribution in [0, 0.1) is 0 Å². The predicted octanol–water partition coefficient (Wildman–Crippen LogP) is 2.86. The number of nitrogen functional groups attached to an aromatic ring is 1. The fourth-order valence-corrected chi connectivity index (χ4v) is 2.26. The molecule has 1 heterocycles. The summed E-state index contributed by atoms with van der Waals surface area (Å²) in [5.41, 5.74) is 7.92. The quantitative estimate of drug-likeness (QED) is 0.695. The van der Waals surface area contributed by atoms with Gasteiger partial charge in [0.25, 0.3) is 0 Å². The third-order valence-corrected chi connectivity index (χ3v) is 3.41. The van der Waals surface area contributed by atoms with Crippen LogP contribution in [0.15, 0.2) is 42.5 Å². The van der Waals surface area contributed by atoms with Crippen LogP contribution in [-0.4, -0.2) is 19.0 Å². The summed E-state index contributed by atoms with van der Waals surface area (Å²) in [4.78, 5) is 12.3. The van der Waals surface area contributed by atoms with Crippen molar-refractivity contribution in [1.29, 1.82) is 0 Å². The minimum absolute atomic E-state index is 0.0513. The van der Waals surface area contributed by atoms with Crippen molar-refractivity contribution in [2.24, 2.45) is 0 Å². The third-order valence-electron chi connectivity index (χ3n) is 3.41. The Morgan fingerprint density at radius 1 is 1.00 bits per heavy atom. The van der Waals surface area contributed by atoms with Crippen molar-refractivity contribution in [2.75, 3.05) is 18.9 Å². The lowest BCUT2D eigenvalue weighted by Gasteiger charge is -2.09. The molecule has 2 aromatic carbocycles. The summed E-state index contributed by atoms with van der Waals surface area (Å²) in [5, 5.41) is 0. The number of hydrogen-bond donors (Lipinski definition) is 1. The minimum atomic E-state index is 0.0513. The maximum Gasteiger partial charge on any atom is 0.167 e. The Morgan fingerprint density at radius 3 is 2.48 bits per heavy atom. The van der Waals surface area contributed by atoms with Gasteiger partial charge < -0.3 is 15.2 Å². The lowest BCUT2D eigenvalue weighted by molar-refractivity contribution is 0.0992. The van der Waals surface area contributed by atoms with Gasteiger partial charge in [0.1, 0.15) is 0 Å². The van der Waals surface area contributed by atoms with E-state index < -0.39 is 0 Å². The number of Topliss-reactive ketones (excluding diaryl/α,β-unsaturated/α-hetero) is 1. The Balaban J connectivity index is 1.78. The zero-order chi connectivity index (χ0) is 14.7. The van der Waals surface area contributed by atoms with Gasteiger partial charge in [-0.3, -0.25) is 4.79 Å². The van der Waals surface area contributed by atoms with Gasteiger partial charge in [-0.1, -0.05) is 12.1 Å². The maximum atomic E-state index is 12.3. The molecule has 3 rings (SSSR count). The van der Waals surface area contributed by atoms with E-state index in [9.17, 15) is 4.79 Å². The molecule has 2 aromatic rings. The molecule has 0 fully saturated rings. The number of benzene rings is 2. The monoisotopic (exact) mass is 283 g/mol. The molecule has 0 saturated carbocycles. The first-order valence-corrected chi connectivity index (χ1v) is 6.99. The van der Waals surface area contributed by atoms with Crippen LogP contribution in [0.1, 0.15) is 22.3 Å². The van der Waals surface area contributed by atoms with Crippen molar-refractivity contribution in [3.05, 3.63) is 53.6 Å². The van der Waals surface area contributed by atoms with Gasteiger partial charge in [-0.2, -0.15) is 0 Å². The zero-order valence-electron chi connectivity index (χ0n) is 11.7. The van der Waals surface area contributed by atoms with Crippen molar-refractivity contribution >= 4 is 11.5 Å². The smallest absolute Gasteiger partial charge is 0.167 e. The molecule has 0 spiro atoms. The van der Waals surface area contributed by atoms with Crippen LogP contribution in [0.5, 0.6) is 11.5 Å². The molecule has 0 atom stereocenters. The Bertz CT molecular complexity index is 650. The predicted molar refractivity (Wildman–Crippen MR) is 80.9 cm³/mol. The van der Waals surface area contributed by atoms with Crippen LogP contribution in [-0.2, 0) is 6.42 Å². The molecule has 0 saturated heterocycles. The average Bonchev–Trinajstić information content (AvgIpc) is 2.74. The fraction of sp³-hybridized carbons (Fsp3) is 0.235. The number of anilines is 1. The molecule has 4 heteroatoms. The first kappa shape index (κ1) is 13.5. The van der Waals surface area contributed by atoms with E-state index in [0.717, 1.165) is 12.0 Å². The lowest BCUT2D eigenvalue weighted by atomic mass is 10.0. The summed E-state index contributed by atoms with van der Waals surface area (Å²) in [5.74, 6) is 1.41. The minimum Gasteiger partial charge on any atom is -0.490 e. The molecular formula is C17H17NO3. The van der Waals surface area contributed by atoms with Crippen LogP contribution in [0.3, 0.4) is 0 Å². The molecular weight excluding hydrogens is 266 g/mol. The number of nitrogens with two attached hydrogens (primary N) is 1. The van der Waals surface area contributed by atoms with Gasteiger partial charge in [0.2, 0.25) is 0 Å². The second kappa shape index (κ2) is 5.87. The Hall–Kier alpha value is -2.49. The maximum absolute atomic E-state index is 12.3. The van der Waals surface area contributed by atoms with E-state index >= 15 is 0 Å². The van der Waals surface area contributed by atoms with E-state index in [-0.39, 0.29) is 5.78 Å². The molecule has 0 aliphatic carbocycles. The SMILES string of the molecule is Nc1ccc(CC(=O)c2ccc3c(c2)OCCCO3)cc1. The van der Waals surface area contributed by atoms with Crippen LogP contribution in [0.2, 0.25) is 0 Å². The van der Waals surface area contributed by atoms with Crippen molar-refractivity contribution in [3.63, 3.8) is 0 Å². The van der Waals surface area contributed by atoms with Gasteiger partial charge >= 0.3 is 0 Å². The molecule has 0 amide bonds. The zero-order valence-corrected chi connectivity index (χ0v) is 11.7. The normalized spacial score (nSPS) is 13.5. The van der Waals surface area contributed by atoms with Crippen molar-refractivity contribution in [2.45, 2.75) is 12.8 Å². The number of ether oxygens (including phenoxy) is 2. The summed E-state index contributed by atoms with van der Waals surface area (Å²) in [7, 11) is 0. The average molecular weight is 283 g/mol. The first-order valence-electron chi connectivity index (χ1n) is 6.99. The molecule has 0 radical (unpaired) electrons. The molecule has 4 nitrogen and oxygen atoms in total. The van der Waals surface area contributed by atoms with Crippen molar-refractivity contribution in [3.8, 4) is 11.5 Å². The number of carbonyl (C=O) groups is 1. The highest BCUT2D eigenvalue weighted by Gasteiger charge is 2.14. The highest BCUT2D eigenvalue weighted by Crippen LogP contribution is 2.30. The fourth-order valence-electron chi connectivity index (χ4n) is 2.26. The Kier molecular flexibility index (Phi) is 3.77. The van der Waals surface area contributed by atoms with E-state index in [2.05, 4.69) is 0 Å². The van der Waals surface area contributed by atoms with E-state index in [4.69, 9.17) is 15.2 Å². The number of carbonyl (C=O) groups excluding carboxylic acids is 1. The Labute approximate surface area is 123 Å². The summed E-state index contributed by atoms with van der Waals surface area (Å²) in [6, 6.07) is 12.7. The van der Waals surface area contributed by atoms with Gasteiger partial charge in [-0.05, 0) is 35.9 Å². The number of fused-ring (bicyclic) bond motifs is 1. The molecule has 1 aliphatic rings. The second-order valence-corrected chi connectivity index (χ2v) is 5.05. The van der Waals surface area contributed by atoms with E-state index in [1.165, 1.54) is 0 Å². The molecule has 0 unspecified atom stereocenters. The molecule has 21 heavy (non-hydrogen) atoms. The van der Waals surface area contributed by atoms with Gasteiger partial charge in [-0.15, -0.1) is 0 Å². The molecule has 108 valence electrons. The highest BCUT2D eigenvalue weighted by molar-refractivity contribution is 5.98. The molecule has 1 aliphatic heterocycles. The second-order valence-electron chi connectivity index (χ2n) is 5.05. The van der Waals surface area contributed by atoms with Gasteiger partial charge in [0.15, 0.2) is 17.3 Å². The van der Waals surface area contributed by atoms with Gasteiger partial charge in [-0.25, -0.2) is 0 Å². The number of ketones is 1. The topological polar surface area (TPSA) is 61.6 Å². The standard InChI is InChI=1S/C17H17NO3/c18-14-5-2-12(3-6-14)10-15(19)13-4-7-16-17(11-13)21-9-1-8-20-16/h2-7,11H,1,8-10,18H2. The molecule has 2 N–H and O–H groups in total.